The quantitative estimate of drug-likeness (QED) is 0.278. The number of hydrogen-bond donors (Lipinski definition) is 1. The third kappa shape index (κ3) is 7.15. The van der Waals surface area contributed by atoms with Gasteiger partial charge in [0.2, 0.25) is 17.7 Å². The molecule has 0 aliphatic carbocycles. The molecule has 3 aliphatic heterocycles. The summed E-state index contributed by atoms with van der Waals surface area (Å²) < 4.78 is 0. The molecule has 47 heavy (non-hydrogen) atoms. The molecule has 0 aromatic heterocycles. The minimum absolute atomic E-state index is 0.0356. The van der Waals surface area contributed by atoms with Crippen molar-refractivity contribution in [2.24, 2.45) is 5.92 Å². The zero-order valence-electron chi connectivity index (χ0n) is 27.9. The first kappa shape index (κ1) is 33.0. The average Bonchev–Trinajstić information content (AvgIpc) is 3.82. The molecule has 0 spiro atoms. The number of benzene rings is 3. The molecule has 248 valence electrons. The summed E-state index contributed by atoms with van der Waals surface area (Å²) in [5.41, 5.74) is 2.40. The Labute approximate surface area is 280 Å². The van der Waals surface area contributed by atoms with Crippen molar-refractivity contribution in [3.8, 4) is 0 Å². The predicted octanol–water partition coefficient (Wildman–Crippen LogP) is 5.63. The number of amides is 3. The fraction of sp³-hybridized carbons (Fsp3) is 0.475. The Morgan fingerprint density at radius 1 is 0.702 bits per heavy atom. The van der Waals surface area contributed by atoms with Crippen LogP contribution in [0.4, 0.5) is 0 Å². The van der Waals surface area contributed by atoms with Crippen LogP contribution in [0, 0.1) is 5.92 Å². The van der Waals surface area contributed by atoms with Crippen LogP contribution in [0.5, 0.6) is 0 Å². The Bertz CT molecular complexity index is 1380. The predicted molar refractivity (Wildman–Crippen MR) is 186 cm³/mol. The minimum Gasteiger partial charge on any atom is -0.354 e. The van der Waals surface area contributed by atoms with Gasteiger partial charge in [0, 0.05) is 32.6 Å². The molecule has 6 rings (SSSR count). The molecular formula is C40H50N4O3. The topological polar surface area (TPSA) is 73.0 Å². The van der Waals surface area contributed by atoms with Gasteiger partial charge in [-0.3, -0.25) is 14.4 Å². The molecule has 1 N–H and O–H groups in total. The van der Waals surface area contributed by atoms with Crippen LogP contribution in [0.1, 0.15) is 75.0 Å². The van der Waals surface area contributed by atoms with Crippen LogP contribution in [0.2, 0.25) is 0 Å². The van der Waals surface area contributed by atoms with Gasteiger partial charge < -0.3 is 20.0 Å². The van der Waals surface area contributed by atoms with E-state index in [-0.39, 0.29) is 24.1 Å². The second-order valence-corrected chi connectivity index (χ2v) is 13.7. The summed E-state index contributed by atoms with van der Waals surface area (Å²) in [4.78, 5) is 48.3. The standard InChI is InChI=1S/C40H50N4O3/c1-2-24-42-25-12-15-31(30-42)29-41-38(46)35-22-13-27-44(35)39(47)36-23-14-26-43(36)37(45)28-40(32-16-6-3-7-17-32,33-18-8-4-9-19-33)34-20-10-5-11-21-34/h3-11,16-21,31,35-36H,2,12-15,22-30H2,1H3,(H,41,46)/t31-,35-,36+/m1/s1. The molecule has 0 bridgehead atoms. The Kier molecular flexibility index (Phi) is 10.7. The van der Waals surface area contributed by atoms with Crippen molar-refractivity contribution in [2.75, 3.05) is 39.3 Å². The van der Waals surface area contributed by atoms with E-state index in [1.165, 1.54) is 6.42 Å². The number of rotatable bonds is 11. The van der Waals surface area contributed by atoms with Crippen molar-refractivity contribution >= 4 is 17.7 Å². The highest BCUT2D eigenvalue weighted by molar-refractivity contribution is 5.93. The van der Waals surface area contributed by atoms with Gasteiger partial charge in [0.25, 0.3) is 0 Å². The normalized spacial score (nSPS) is 21.9. The maximum Gasteiger partial charge on any atom is 0.246 e. The van der Waals surface area contributed by atoms with Crippen molar-refractivity contribution < 1.29 is 14.4 Å². The number of nitrogens with one attached hydrogen (secondary N) is 1. The van der Waals surface area contributed by atoms with E-state index in [9.17, 15) is 14.4 Å². The van der Waals surface area contributed by atoms with Crippen LogP contribution >= 0.6 is 0 Å². The van der Waals surface area contributed by atoms with Crippen molar-refractivity contribution in [3.05, 3.63) is 108 Å². The van der Waals surface area contributed by atoms with E-state index >= 15 is 0 Å². The Morgan fingerprint density at radius 3 is 1.81 bits per heavy atom. The zero-order chi connectivity index (χ0) is 32.6. The highest BCUT2D eigenvalue weighted by Crippen LogP contribution is 2.43. The minimum atomic E-state index is -0.723. The summed E-state index contributed by atoms with van der Waals surface area (Å²) in [6, 6.07) is 29.7. The van der Waals surface area contributed by atoms with Crippen molar-refractivity contribution in [1.29, 1.82) is 0 Å². The number of carbonyl (C=O) groups is 3. The van der Waals surface area contributed by atoms with Crippen molar-refractivity contribution in [2.45, 2.75) is 75.8 Å². The molecule has 3 amide bonds. The van der Waals surface area contributed by atoms with E-state index in [4.69, 9.17) is 0 Å². The molecule has 3 fully saturated rings. The summed E-state index contributed by atoms with van der Waals surface area (Å²) in [5, 5.41) is 3.21. The SMILES string of the molecule is CCCN1CCC[C@H](CNC(=O)[C@H]2CCCN2C(=O)[C@@H]2CCCN2C(=O)CC(c2ccccc2)(c2ccccc2)c2ccccc2)C1. The second-order valence-electron chi connectivity index (χ2n) is 13.7. The number of likely N-dealkylation sites (tertiary alicyclic amines) is 3. The van der Waals surface area contributed by atoms with Crippen LogP contribution in [0.3, 0.4) is 0 Å². The van der Waals surface area contributed by atoms with Gasteiger partial charge in [-0.05, 0) is 80.6 Å². The van der Waals surface area contributed by atoms with E-state index in [0.29, 0.717) is 38.4 Å². The smallest absolute Gasteiger partial charge is 0.246 e. The maximum atomic E-state index is 14.5. The summed E-state index contributed by atoms with van der Waals surface area (Å²) in [6.07, 6.45) is 6.52. The third-order valence-electron chi connectivity index (χ3n) is 10.6. The Morgan fingerprint density at radius 2 is 1.23 bits per heavy atom. The molecule has 3 aromatic carbocycles. The molecular weight excluding hydrogens is 584 g/mol. The number of piperidine rings is 1. The van der Waals surface area contributed by atoms with Gasteiger partial charge in [-0.25, -0.2) is 0 Å². The molecule has 3 atom stereocenters. The van der Waals surface area contributed by atoms with Gasteiger partial charge in [0.05, 0.1) is 5.41 Å². The van der Waals surface area contributed by atoms with E-state index in [2.05, 4.69) is 53.5 Å². The fourth-order valence-electron chi connectivity index (χ4n) is 8.32. The lowest BCUT2D eigenvalue weighted by molar-refractivity contribution is -0.146. The third-order valence-corrected chi connectivity index (χ3v) is 10.6. The van der Waals surface area contributed by atoms with Gasteiger partial charge >= 0.3 is 0 Å². The van der Waals surface area contributed by atoms with E-state index in [1.54, 1.807) is 4.90 Å². The molecule has 3 aliphatic rings. The fourth-order valence-corrected chi connectivity index (χ4v) is 8.32. The molecule has 0 unspecified atom stereocenters. The molecule has 3 aromatic rings. The summed E-state index contributed by atoms with van der Waals surface area (Å²) in [7, 11) is 0. The summed E-state index contributed by atoms with van der Waals surface area (Å²) >= 11 is 0. The lowest BCUT2D eigenvalue weighted by Crippen LogP contribution is -2.54. The van der Waals surface area contributed by atoms with Crippen molar-refractivity contribution in [1.82, 2.24) is 20.0 Å². The van der Waals surface area contributed by atoms with Gasteiger partial charge in [-0.1, -0.05) is 97.9 Å². The van der Waals surface area contributed by atoms with Crippen molar-refractivity contribution in [3.63, 3.8) is 0 Å². The van der Waals surface area contributed by atoms with Gasteiger partial charge in [0.15, 0.2) is 0 Å². The van der Waals surface area contributed by atoms with E-state index < -0.39 is 17.5 Å². The zero-order valence-corrected chi connectivity index (χ0v) is 27.9. The summed E-state index contributed by atoms with van der Waals surface area (Å²) in [5.74, 6) is 0.291. The highest BCUT2D eigenvalue weighted by Gasteiger charge is 2.45. The largest absolute Gasteiger partial charge is 0.354 e. The molecule has 0 saturated carbocycles. The molecule has 7 heteroatoms. The molecule has 3 saturated heterocycles. The van der Waals surface area contributed by atoms with Crippen LogP contribution in [-0.2, 0) is 19.8 Å². The molecule has 0 radical (unpaired) electrons. The van der Waals surface area contributed by atoms with Gasteiger partial charge in [-0.15, -0.1) is 0 Å². The van der Waals surface area contributed by atoms with Gasteiger partial charge in [-0.2, -0.15) is 0 Å². The average molecular weight is 635 g/mol. The Hall–Kier alpha value is -3.97. The molecule has 3 heterocycles. The van der Waals surface area contributed by atoms with Crippen LogP contribution in [-0.4, -0.2) is 83.8 Å². The van der Waals surface area contributed by atoms with Crippen LogP contribution < -0.4 is 5.32 Å². The lowest BCUT2D eigenvalue weighted by Gasteiger charge is -2.38. The monoisotopic (exact) mass is 634 g/mol. The second kappa shape index (κ2) is 15.3. The number of nitrogens with zero attached hydrogens (tertiary/aromatic N) is 3. The maximum absolute atomic E-state index is 14.5. The van der Waals surface area contributed by atoms with Crippen LogP contribution in [0.25, 0.3) is 0 Å². The van der Waals surface area contributed by atoms with Gasteiger partial charge in [0.1, 0.15) is 12.1 Å². The highest BCUT2D eigenvalue weighted by atomic mass is 16.2. The Balaban J connectivity index is 1.20. The first-order valence-corrected chi connectivity index (χ1v) is 17.8. The lowest BCUT2D eigenvalue weighted by atomic mass is 9.67. The molecule has 7 nitrogen and oxygen atoms in total. The first-order valence-electron chi connectivity index (χ1n) is 17.8. The van der Waals surface area contributed by atoms with Crippen LogP contribution in [0.15, 0.2) is 91.0 Å². The summed E-state index contributed by atoms with van der Waals surface area (Å²) in [6.45, 7) is 7.25. The van der Waals surface area contributed by atoms with E-state index in [0.717, 1.165) is 62.0 Å². The van der Waals surface area contributed by atoms with E-state index in [1.807, 2.05) is 59.5 Å². The first-order chi connectivity index (χ1) is 23.0. The number of hydrogen-bond acceptors (Lipinski definition) is 4. The number of carbonyl (C=O) groups excluding carboxylic acids is 3.